The second-order valence-corrected chi connectivity index (χ2v) is 4.99. The number of aromatic nitrogens is 2. The molecule has 0 aliphatic carbocycles. The van der Waals surface area contributed by atoms with Gasteiger partial charge < -0.3 is 10.5 Å². The van der Waals surface area contributed by atoms with Gasteiger partial charge in [-0.3, -0.25) is 4.68 Å². The van der Waals surface area contributed by atoms with Crippen LogP contribution in [0.4, 0.5) is 0 Å². The molecular weight excluding hydrogens is 238 g/mol. The fourth-order valence-corrected chi connectivity index (χ4v) is 2.63. The molecule has 2 N–H and O–H groups in total. The lowest BCUT2D eigenvalue weighted by Gasteiger charge is -2.17. The van der Waals surface area contributed by atoms with Gasteiger partial charge in [0.05, 0.1) is 12.3 Å². The Labute approximate surface area is 113 Å². The van der Waals surface area contributed by atoms with Gasteiger partial charge in [-0.2, -0.15) is 5.10 Å². The average Bonchev–Trinajstić information content (AvgIpc) is 2.80. The maximum atomic E-state index is 5.67. The van der Waals surface area contributed by atoms with E-state index >= 15 is 0 Å². The highest BCUT2D eigenvalue weighted by Crippen LogP contribution is 2.30. The summed E-state index contributed by atoms with van der Waals surface area (Å²) in [4.78, 5) is 0. The van der Waals surface area contributed by atoms with Crippen molar-refractivity contribution in [3.05, 3.63) is 35.5 Å². The number of hydrogen-bond acceptors (Lipinski definition) is 3. The van der Waals surface area contributed by atoms with Gasteiger partial charge in [-0.15, -0.1) is 0 Å². The van der Waals surface area contributed by atoms with Gasteiger partial charge in [0.15, 0.2) is 0 Å². The number of fused-ring (bicyclic) bond motifs is 1. The van der Waals surface area contributed by atoms with E-state index in [2.05, 4.69) is 29.5 Å². The van der Waals surface area contributed by atoms with Crippen LogP contribution >= 0.6 is 0 Å². The highest BCUT2D eigenvalue weighted by atomic mass is 16.5. The molecule has 0 bridgehead atoms. The lowest BCUT2D eigenvalue weighted by Crippen LogP contribution is -2.08. The number of benzene rings is 1. The molecule has 1 aromatic carbocycles. The zero-order chi connectivity index (χ0) is 13.2. The summed E-state index contributed by atoms with van der Waals surface area (Å²) >= 11 is 0. The highest BCUT2D eigenvalue weighted by Gasteiger charge is 2.14. The Bertz CT molecular complexity index is 589. The second-order valence-electron chi connectivity index (χ2n) is 4.99. The molecule has 0 unspecified atom stereocenters. The number of nitrogens with zero attached hydrogens (tertiary/aromatic N) is 2. The molecule has 0 spiro atoms. The van der Waals surface area contributed by atoms with E-state index in [0.717, 1.165) is 42.9 Å². The minimum absolute atomic E-state index is 0.646. The van der Waals surface area contributed by atoms with Crippen LogP contribution in [0, 0.1) is 0 Å². The third-order valence-electron chi connectivity index (χ3n) is 3.50. The zero-order valence-corrected chi connectivity index (χ0v) is 11.2. The highest BCUT2D eigenvalue weighted by molar-refractivity contribution is 5.65. The van der Waals surface area contributed by atoms with E-state index < -0.39 is 0 Å². The Morgan fingerprint density at radius 3 is 3.16 bits per heavy atom. The van der Waals surface area contributed by atoms with E-state index in [9.17, 15) is 0 Å². The van der Waals surface area contributed by atoms with Crippen LogP contribution in [0.25, 0.3) is 11.3 Å². The molecule has 1 aliphatic heterocycles. The molecule has 3 rings (SSSR count). The summed E-state index contributed by atoms with van der Waals surface area (Å²) in [5.41, 5.74) is 10.4. The fraction of sp³-hybridized carbons (Fsp3) is 0.400. The lowest BCUT2D eigenvalue weighted by atomic mass is 9.99. The first-order valence-electron chi connectivity index (χ1n) is 6.76. The second kappa shape index (κ2) is 5.05. The molecular formula is C15H19N3O. The molecule has 4 nitrogen and oxygen atoms in total. The van der Waals surface area contributed by atoms with E-state index in [1.165, 1.54) is 11.1 Å². The molecule has 0 atom stereocenters. The SMILES string of the molecule is Cn1cc(CCN)c(-c2ccc3c(c2)CCCO3)n1. The average molecular weight is 257 g/mol. The van der Waals surface area contributed by atoms with Crippen molar-refractivity contribution >= 4 is 0 Å². The van der Waals surface area contributed by atoms with Crippen molar-refractivity contribution < 1.29 is 4.74 Å². The van der Waals surface area contributed by atoms with Gasteiger partial charge in [0, 0.05) is 18.8 Å². The number of hydrogen-bond donors (Lipinski definition) is 1. The molecule has 1 aliphatic rings. The van der Waals surface area contributed by atoms with Crippen LogP contribution < -0.4 is 10.5 Å². The molecule has 100 valence electrons. The van der Waals surface area contributed by atoms with Crippen molar-refractivity contribution in [1.82, 2.24) is 9.78 Å². The van der Waals surface area contributed by atoms with Crippen molar-refractivity contribution in [2.75, 3.05) is 13.2 Å². The fourth-order valence-electron chi connectivity index (χ4n) is 2.63. The van der Waals surface area contributed by atoms with Crippen LogP contribution in [0.2, 0.25) is 0 Å². The van der Waals surface area contributed by atoms with Gasteiger partial charge in [-0.25, -0.2) is 0 Å². The van der Waals surface area contributed by atoms with E-state index in [4.69, 9.17) is 10.5 Å². The van der Waals surface area contributed by atoms with E-state index in [1.54, 1.807) is 0 Å². The first kappa shape index (κ1) is 12.2. The van der Waals surface area contributed by atoms with Crippen molar-refractivity contribution in [2.24, 2.45) is 12.8 Å². The number of aryl methyl sites for hydroxylation is 2. The van der Waals surface area contributed by atoms with Gasteiger partial charge >= 0.3 is 0 Å². The van der Waals surface area contributed by atoms with Crippen molar-refractivity contribution in [3.63, 3.8) is 0 Å². The predicted octanol–water partition coefficient (Wildman–Crippen LogP) is 1.91. The molecule has 2 aromatic rings. The first-order chi connectivity index (χ1) is 9.28. The molecule has 2 heterocycles. The van der Waals surface area contributed by atoms with Gasteiger partial charge in [0.2, 0.25) is 0 Å². The van der Waals surface area contributed by atoms with E-state index in [-0.39, 0.29) is 0 Å². The van der Waals surface area contributed by atoms with Gasteiger partial charge in [0.25, 0.3) is 0 Å². The molecule has 19 heavy (non-hydrogen) atoms. The Kier molecular flexibility index (Phi) is 3.25. The lowest BCUT2D eigenvalue weighted by molar-refractivity contribution is 0.288. The van der Waals surface area contributed by atoms with Crippen molar-refractivity contribution in [3.8, 4) is 17.0 Å². The molecule has 4 heteroatoms. The Morgan fingerprint density at radius 2 is 2.32 bits per heavy atom. The van der Waals surface area contributed by atoms with Crippen LogP contribution in [-0.4, -0.2) is 22.9 Å². The van der Waals surface area contributed by atoms with Crippen LogP contribution in [-0.2, 0) is 19.9 Å². The summed E-state index contributed by atoms with van der Waals surface area (Å²) in [7, 11) is 1.95. The van der Waals surface area contributed by atoms with Gasteiger partial charge in [-0.1, -0.05) is 0 Å². The molecule has 1 aromatic heterocycles. The summed E-state index contributed by atoms with van der Waals surface area (Å²) in [6.07, 6.45) is 5.09. The van der Waals surface area contributed by atoms with Gasteiger partial charge in [0.1, 0.15) is 5.75 Å². The summed E-state index contributed by atoms with van der Waals surface area (Å²) < 4.78 is 7.51. The molecule has 0 amide bonds. The Balaban J connectivity index is 2.01. The maximum Gasteiger partial charge on any atom is 0.122 e. The summed E-state index contributed by atoms with van der Waals surface area (Å²) in [5, 5.41) is 4.57. The minimum Gasteiger partial charge on any atom is -0.493 e. The standard InChI is InChI=1S/C15H19N3O/c1-18-10-13(6-7-16)15(17-18)12-4-5-14-11(9-12)3-2-8-19-14/h4-5,9-10H,2-3,6-8,16H2,1H3. The smallest absolute Gasteiger partial charge is 0.122 e. The quantitative estimate of drug-likeness (QED) is 0.914. The number of rotatable bonds is 3. The minimum atomic E-state index is 0.646. The molecule has 0 saturated carbocycles. The number of ether oxygens (including phenoxy) is 1. The maximum absolute atomic E-state index is 5.67. The van der Waals surface area contributed by atoms with Crippen LogP contribution in [0.1, 0.15) is 17.5 Å². The summed E-state index contributed by atoms with van der Waals surface area (Å²) in [6.45, 7) is 1.47. The van der Waals surface area contributed by atoms with E-state index in [0.29, 0.717) is 6.54 Å². The van der Waals surface area contributed by atoms with Crippen molar-refractivity contribution in [1.29, 1.82) is 0 Å². The molecule has 0 fully saturated rings. The Morgan fingerprint density at radius 1 is 1.42 bits per heavy atom. The van der Waals surface area contributed by atoms with E-state index in [1.807, 2.05) is 11.7 Å². The topological polar surface area (TPSA) is 53.1 Å². The zero-order valence-electron chi connectivity index (χ0n) is 11.2. The first-order valence-corrected chi connectivity index (χ1v) is 6.76. The predicted molar refractivity (Wildman–Crippen MR) is 75.2 cm³/mol. The largest absolute Gasteiger partial charge is 0.493 e. The molecule has 0 radical (unpaired) electrons. The van der Waals surface area contributed by atoms with Crippen LogP contribution in [0.3, 0.4) is 0 Å². The van der Waals surface area contributed by atoms with Crippen LogP contribution in [0.5, 0.6) is 5.75 Å². The third kappa shape index (κ3) is 2.36. The molecule has 0 saturated heterocycles. The normalized spacial score (nSPS) is 14.0. The summed E-state index contributed by atoms with van der Waals surface area (Å²) in [6, 6.07) is 6.36. The number of nitrogens with two attached hydrogens (primary N) is 1. The van der Waals surface area contributed by atoms with Crippen molar-refractivity contribution in [2.45, 2.75) is 19.3 Å². The summed E-state index contributed by atoms with van der Waals surface area (Å²) in [5.74, 6) is 1.02. The van der Waals surface area contributed by atoms with Gasteiger partial charge in [-0.05, 0) is 55.1 Å². The third-order valence-corrected chi connectivity index (χ3v) is 3.50. The monoisotopic (exact) mass is 257 g/mol. The van der Waals surface area contributed by atoms with Crippen LogP contribution in [0.15, 0.2) is 24.4 Å². The Hall–Kier alpha value is -1.81.